The molecule has 0 saturated carbocycles. The minimum absolute atomic E-state index is 0.0207. The fourth-order valence-corrected chi connectivity index (χ4v) is 2.88. The topological polar surface area (TPSA) is 44.4 Å². The highest BCUT2D eigenvalue weighted by molar-refractivity contribution is 5.81. The highest BCUT2D eigenvalue weighted by atomic mass is 16.2. The number of piperidine rings is 1. The zero-order valence-electron chi connectivity index (χ0n) is 10.3. The molecule has 0 aromatic rings. The highest BCUT2D eigenvalue weighted by Crippen LogP contribution is 2.26. The summed E-state index contributed by atoms with van der Waals surface area (Å²) >= 11 is 0. The largest absolute Gasteiger partial charge is 0.355 e. The Morgan fingerprint density at radius 1 is 1.56 bits per heavy atom. The van der Waals surface area contributed by atoms with Crippen LogP contribution >= 0.6 is 0 Å². The normalized spacial score (nSPS) is 32.1. The monoisotopic (exact) mass is 225 g/mol. The summed E-state index contributed by atoms with van der Waals surface area (Å²) in [6.45, 7) is 7.96. The second-order valence-corrected chi connectivity index (χ2v) is 4.99. The minimum atomic E-state index is 0.0207. The van der Waals surface area contributed by atoms with Crippen LogP contribution in [-0.2, 0) is 4.79 Å². The van der Waals surface area contributed by atoms with Gasteiger partial charge in [-0.25, -0.2) is 0 Å². The van der Waals surface area contributed by atoms with Gasteiger partial charge in [0.2, 0.25) is 5.91 Å². The average molecular weight is 225 g/mol. The van der Waals surface area contributed by atoms with Gasteiger partial charge in [-0.1, -0.05) is 0 Å². The summed E-state index contributed by atoms with van der Waals surface area (Å²) in [4.78, 5) is 14.1. The number of hydrogen-bond donors (Lipinski definition) is 2. The summed E-state index contributed by atoms with van der Waals surface area (Å²) in [5, 5.41) is 6.47. The van der Waals surface area contributed by atoms with Crippen LogP contribution in [0.25, 0.3) is 0 Å². The van der Waals surface area contributed by atoms with Crippen molar-refractivity contribution in [3.05, 3.63) is 0 Å². The molecule has 0 aromatic carbocycles. The second-order valence-electron chi connectivity index (χ2n) is 4.99. The fourth-order valence-electron chi connectivity index (χ4n) is 2.88. The molecule has 0 aliphatic carbocycles. The van der Waals surface area contributed by atoms with Gasteiger partial charge in [-0.2, -0.15) is 0 Å². The second kappa shape index (κ2) is 5.15. The van der Waals surface area contributed by atoms with Gasteiger partial charge in [-0.3, -0.25) is 9.69 Å². The number of carbonyl (C=O) groups is 1. The molecule has 3 atom stereocenters. The molecular formula is C12H23N3O. The summed E-state index contributed by atoms with van der Waals surface area (Å²) in [5.74, 6) is 0.923. The number of nitrogens with one attached hydrogen (secondary N) is 2. The Labute approximate surface area is 97.8 Å². The minimum Gasteiger partial charge on any atom is -0.355 e. The lowest BCUT2D eigenvalue weighted by Crippen LogP contribution is -2.45. The molecule has 2 saturated heterocycles. The molecule has 4 heteroatoms. The highest BCUT2D eigenvalue weighted by Gasteiger charge is 2.37. The summed E-state index contributed by atoms with van der Waals surface area (Å²) in [6, 6.07) is 0.637. The van der Waals surface area contributed by atoms with E-state index < -0.39 is 0 Å². The molecule has 0 spiro atoms. The van der Waals surface area contributed by atoms with Crippen LogP contribution in [0, 0.1) is 5.92 Å². The average Bonchev–Trinajstić information content (AvgIpc) is 2.71. The number of rotatable bonds is 3. The Kier molecular flexibility index (Phi) is 3.82. The fraction of sp³-hybridized carbons (Fsp3) is 0.917. The lowest BCUT2D eigenvalue weighted by atomic mass is 9.94. The smallest absolute Gasteiger partial charge is 0.237 e. The molecule has 1 amide bonds. The van der Waals surface area contributed by atoms with E-state index in [1.54, 1.807) is 0 Å². The van der Waals surface area contributed by atoms with Gasteiger partial charge < -0.3 is 10.6 Å². The Morgan fingerprint density at radius 2 is 2.38 bits per heavy atom. The molecular weight excluding hydrogens is 202 g/mol. The molecule has 0 aromatic heterocycles. The predicted molar refractivity (Wildman–Crippen MR) is 64.2 cm³/mol. The van der Waals surface area contributed by atoms with E-state index in [2.05, 4.69) is 15.5 Å². The van der Waals surface area contributed by atoms with Gasteiger partial charge in [0, 0.05) is 25.7 Å². The molecule has 2 aliphatic heterocycles. The standard InChI is InChI=1S/C12H23N3O/c1-3-13-12(16)9(2)15-7-10-5-4-6-14-11(10)8-15/h9-11,14H,3-8H2,1-2H3,(H,13,16)/t9?,10-,11+/m0/s1. The number of likely N-dealkylation sites (N-methyl/N-ethyl adjacent to an activating group) is 1. The number of amides is 1. The number of carbonyl (C=O) groups excluding carboxylic acids is 1. The van der Waals surface area contributed by atoms with E-state index in [1.165, 1.54) is 12.8 Å². The number of nitrogens with zero attached hydrogens (tertiary/aromatic N) is 1. The van der Waals surface area contributed by atoms with E-state index in [0.29, 0.717) is 6.04 Å². The molecule has 0 bridgehead atoms. The van der Waals surface area contributed by atoms with Crippen molar-refractivity contribution in [2.24, 2.45) is 5.92 Å². The van der Waals surface area contributed by atoms with E-state index in [4.69, 9.17) is 0 Å². The van der Waals surface area contributed by atoms with Gasteiger partial charge in [0.25, 0.3) is 0 Å². The van der Waals surface area contributed by atoms with Gasteiger partial charge in [-0.05, 0) is 39.2 Å². The van der Waals surface area contributed by atoms with Crippen molar-refractivity contribution in [1.82, 2.24) is 15.5 Å². The van der Waals surface area contributed by atoms with Gasteiger partial charge >= 0.3 is 0 Å². The molecule has 2 fully saturated rings. The first kappa shape index (κ1) is 11.9. The third-order valence-corrected chi connectivity index (χ3v) is 3.91. The SMILES string of the molecule is CCNC(=O)C(C)N1C[C@@H]2CCCN[C@@H]2C1. The first-order valence-electron chi connectivity index (χ1n) is 6.47. The van der Waals surface area contributed by atoms with Crippen LogP contribution in [0.2, 0.25) is 0 Å². The molecule has 2 N–H and O–H groups in total. The van der Waals surface area contributed by atoms with Crippen LogP contribution in [-0.4, -0.2) is 49.1 Å². The van der Waals surface area contributed by atoms with E-state index in [-0.39, 0.29) is 11.9 Å². The van der Waals surface area contributed by atoms with Crippen molar-refractivity contribution in [3.8, 4) is 0 Å². The van der Waals surface area contributed by atoms with Crippen molar-refractivity contribution in [2.75, 3.05) is 26.2 Å². The van der Waals surface area contributed by atoms with Crippen LogP contribution in [0.3, 0.4) is 0 Å². The molecule has 4 nitrogen and oxygen atoms in total. The summed E-state index contributed by atoms with van der Waals surface area (Å²) < 4.78 is 0. The first-order valence-corrected chi connectivity index (χ1v) is 6.47. The maximum absolute atomic E-state index is 11.8. The third kappa shape index (κ3) is 2.38. The maximum Gasteiger partial charge on any atom is 0.237 e. The van der Waals surface area contributed by atoms with Gasteiger partial charge in [-0.15, -0.1) is 0 Å². The van der Waals surface area contributed by atoms with Crippen LogP contribution in [0.1, 0.15) is 26.7 Å². The number of likely N-dealkylation sites (tertiary alicyclic amines) is 1. The Balaban J connectivity index is 1.89. The first-order chi connectivity index (χ1) is 7.72. The Hall–Kier alpha value is -0.610. The van der Waals surface area contributed by atoms with Crippen LogP contribution in [0.15, 0.2) is 0 Å². The molecule has 2 aliphatic rings. The quantitative estimate of drug-likeness (QED) is 0.721. The Morgan fingerprint density at radius 3 is 3.06 bits per heavy atom. The van der Waals surface area contributed by atoms with Crippen molar-refractivity contribution in [1.29, 1.82) is 0 Å². The molecule has 2 rings (SSSR count). The molecule has 16 heavy (non-hydrogen) atoms. The lowest BCUT2D eigenvalue weighted by molar-refractivity contribution is -0.125. The lowest BCUT2D eigenvalue weighted by Gasteiger charge is -2.24. The molecule has 0 radical (unpaired) electrons. The number of fused-ring (bicyclic) bond motifs is 1. The number of hydrogen-bond acceptors (Lipinski definition) is 3. The van der Waals surface area contributed by atoms with E-state index in [9.17, 15) is 4.79 Å². The predicted octanol–water partition coefficient (Wildman–Crippen LogP) is 0.195. The van der Waals surface area contributed by atoms with Crippen LogP contribution in [0.4, 0.5) is 0 Å². The molecule has 1 unspecified atom stereocenters. The Bertz CT molecular complexity index is 243. The van der Waals surface area contributed by atoms with E-state index in [0.717, 1.165) is 32.1 Å². The van der Waals surface area contributed by atoms with Crippen molar-refractivity contribution >= 4 is 5.91 Å². The van der Waals surface area contributed by atoms with Crippen molar-refractivity contribution in [3.63, 3.8) is 0 Å². The molecule has 92 valence electrons. The zero-order valence-corrected chi connectivity index (χ0v) is 10.3. The summed E-state index contributed by atoms with van der Waals surface area (Å²) in [5.41, 5.74) is 0. The zero-order chi connectivity index (χ0) is 11.5. The van der Waals surface area contributed by atoms with Gasteiger partial charge in [0.15, 0.2) is 0 Å². The van der Waals surface area contributed by atoms with E-state index >= 15 is 0 Å². The summed E-state index contributed by atoms with van der Waals surface area (Å²) in [7, 11) is 0. The van der Waals surface area contributed by atoms with Gasteiger partial charge in [0.1, 0.15) is 0 Å². The third-order valence-electron chi connectivity index (χ3n) is 3.91. The van der Waals surface area contributed by atoms with Crippen LogP contribution < -0.4 is 10.6 Å². The van der Waals surface area contributed by atoms with Crippen LogP contribution in [0.5, 0.6) is 0 Å². The van der Waals surface area contributed by atoms with Gasteiger partial charge in [0.05, 0.1) is 6.04 Å². The summed E-state index contributed by atoms with van der Waals surface area (Å²) in [6.07, 6.45) is 2.60. The van der Waals surface area contributed by atoms with E-state index in [1.807, 2.05) is 13.8 Å². The molecule has 2 heterocycles. The maximum atomic E-state index is 11.8. The van der Waals surface area contributed by atoms with Crippen molar-refractivity contribution < 1.29 is 4.79 Å². The van der Waals surface area contributed by atoms with Crippen molar-refractivity contribution in [2.45, 2.75) is 38.8 Å².